The van der Waals surface area contributed by atoms with E-state index < -0.39 is 15.6 Å². The van der Waals surface area contributed by atoms with Crippen LogP contribution < -0.4 is 10.6 Å². The number of pyridine rings is 1. The minimum atomic E-state index is -3.13. The maximum absolute atomic E-state index is 13.6. The highest BCUT2D eigenvalue weighted by atomic mass is 32.2. The summed E-state index contributed by atoms with van der Waals surface area (Å²) < 4.78 is 24.5. The van der Waals surface area contributed by atoms with E-state index in [4.69, 9.17) is 4.74 Å². The Bertz CT molecular complexity index is 2010. The summed E-state index contributed by atoms with van der Waals surface area (Å²) in [5, 5.41) is 9.99. The number of benzene rings is 2. The van der Waals surface area contributed by atoms with Crippen LogP contribution in [0.4, 0.5) is 5.69 Å². The smallest absolute Gasteiger partial charge is 0.286 e. The number of nitrogens with one attached hydrogen (secondary N) is 2. The number of amides is 3. The van der Waals surface area contributed by atoms with Crippen LogP contribution in [0.2, 0.25) is 0 Å². The highest BCUT2D eigenvalue weighted by Gasteiger charge is 2.15. The van der Waals surface area contributed by atoms with Gasteiger partial charge in [-0.1, -0.05) is 30.0 Å². The lowest BCUT2D eigenvalue weighted by Gasteiger charge is -2.26. The van der Waals surface area contributed by atoms with Gasteiger partial charge in [0.1, 0.15) is 5.69 Å². The first-order valence-electron chi connectivity index (χ1n) is 15.4. The van der Waals surface area contributed by atoms with Crippen molar-refractivity contribution in [1.82, 2.24) is 25.0 Å². The Kier molecular flexibility index (Phi) is 11.1. The van der Waals surface area contributed by atoms with Gasteiger partial charge in [0.25, 0.3) is 11.8 Å². The Morgan fingerprint density at radius 1 is 1.00 bits per heavy atom. The van der Waals surface area contributed by atoms with E-state index in [1.54, 1.807) is 61.6 Å². The molecule has 1 aliphatic rings. The molecule has 1 unspecified atom stereocenters. The SMILES string of the molecule is Cc1cc(C(=O)Nc2cccc(C#Cc3cncc(C(=O)N=S(C)(=O)c4cccc(CC(=O)NCCN5CCOCC5)c4)c3)c2)n(C)n1. The number of anilines is 1. The summed E-state index contributed by atoms with van der Waals surface area (Å²) in [7, 11) is -1.42. The minimum Gasteiger partial charge on any atom is -0.379 e. The average Bonchev–Trinajstić information content (AvgIpc) is 3.42. The van der Waals surface area contributed by atoms with E-state index in [0.29, 0.717) is 52.7 Å². The number of nitrogens with zero attached hydrogens (tertiary/aromatic N) is 5. The van der Waals surface area contributed by atoms with Crippen molar-refractivity contribution in [2.75, 3.05) is 51.0 Å². The van der Waals surface area contributed by atoms with Gasteiger partial charge in [-0.15, -0.1) is 0 Å². The second-order valence-electron chi connectivity index (χ2n) is 11.4. The third kappa shape index (κ3) is 9.45. The number of aromatic nitrogens is 3. The molecule has 0 bridgehead atoms. The van der Waals surface area contributed by atoms with Crippen LogP contribution in [0.15, 0.2) is 82.3 Å². The number of aryl methyl sites for hydroxylation is 2. The predicted octanol–water partition coefficient (Wildman–Crippen LogP) is 3.06. The first-order chi connectivity index (χ1) is 23.1. The van der Waals surface area contributed by atoms with Crippen molar-refractivity contribution in [2.24, 2.45) is 11.4 Å². The number of carbonyl (C=O) groups excluding carboxylic acids is 3. The van der Waals surface area contributed by atoms with Crippen molar-refractivity contribution in [3.63, 3.8) is 0 Å². The van der Waals surface area contributed by atoms with Crippen molar-refractivity contribution in [1.29, 1.82) is 0 Å². The van der Waals surface area contributed by atoms with Gasteiger partial charge in [0.2, 0.25) is 5.91 Å². The van der Waals surface area contributed by atoms with Gasteiger partial charge in [-0.05, 0) is 55.0 Å². The Morgan fingerprint density at radius 2 is 1.77 bits per heavy atom. The molecule has 1 saturated heterocycles. The molecule has 48 heavy (non-hydrogen) atoms. The fourth-order valence-corrected chi connectivity index (χ4v) is 6.27. The molecule has 2 aromatic heterocycles. The molecule has 0 radical (unpaired) electrons. The lowest BCUT2D eigenvalue weighted by atomic mass is 10.1. The molecule has 2 aromatic carbocycles. The van der Waals surface area contributed by atoms with Gasteiger partial charge < -0.3 is 15.4 Å². The van der Waals surface area contributed by atoms with Gasteiger partial charge >= 0.3 is 0 Å². The van der Waals surface area contributed by atoms with Crippen LogP contribution in [0, 0.1) is 18.8 Å². The molecule has 1 fully saturated rings. The van der Waals surface area contributed by atoms with Crippen LogP contribution in [-0.4, -0.2) is 87.2 Å². The zero-order valence-corrected chi connectivity index (χ0v) is 27.9. The number of morpholine rings is 1. The van der Waals surface area contributed by atoms with Crippen molar-refractivity contribution >= 4 is 33.1 Å². The van der Waals surface area contributed by atoms with E-state index in [-0.39, 0.29) is 23.8 Å². The van der Waals surface area contributed by atoms with Gasteiger partial charge in [0, 0.05) is 73.6 Å². The van der Waals surface area contributed by atoms with Crippen LogP contribution in [0.5, 0.6) is 0 Å². The predicted molar refractivity (Wildman–Crippen MR) is 182 cm³/mol. The fraction of sp³-hybridized carbons (Fsp3) is 0.286. The quantitative estimate of drug-likeness (QED) is 0.259. The monoisotopic (exact) mass is 667 g/mol. The van der Waals surface area contributed by atoms with Crippen LogP contribution in [0.25, 0.3) is 0 Å². The lowest BCUT2D eigenvalue weighted by molar-refractivity contribution is -0.120. The summed E-state index contributed by atoms with van der Waals surface area (Å²) in [6.07, 6.45) is 4.37. The molecule has 1 aliphatic heterocycles. The number of rotatable bonds is 9. The second-order valence-corrected chi connectivity index (χ2v) is 13.6. The van der Waals surface area contributed by atoms with Crippen LogP contribution >= 0.6 is 0 Å². The number of ether oxygens (including phenoxy) is 1. The second kappa shape index (κ2) is 15.6. The molecule has 3 heterocycles. The minimum absolute atomic E-state index is 0.115. The van der Waals surface area contributed by atoms with E-state index in [1.165, 1.54) is 29.4 Å². The standard InChI is InChI=1S/C35H37N7O5S/c1-25-18-32(41(2)39-25)35(45)38-30-8-4-6-26(20-30)10-11-28-19-29(24-36-23-28)34(44)40-48(3,46)31-9-5-7-27(21-31)22-33(43)37-12-13-42-14-16-47-17-15-42/h4-9,18-21,23-24H,12-17,22H2,1-3H3,(H,37,43)(H,38,45). The van der Waals surface area contributed by atoms with E-state index in [1.807, 2.05) is 6.92 Å². The Hall–Kier alpha value is -5.16. The summed E-state index contributed by atoms with van der Waals surface area (Å²) in [4.78, 5) is 45.0. The molecule has 248 valence electrons. The molecule has 3 amide bonds. The first kappa shape index (κ1) is 34.2. The van der Waals surface area contributed by atoms with Crippen LogP contribution in [0.1, 0.15) is 43.2 Å². The van der Waals surface area contributed by atoms with E-state index >= 15 is 0 Å². The fourth-order valence-electron chi connectivity index (χ4n) is 5.04. The lowest BCUT2D eigenvalue weighted by Crippen LogP contribution is -2.41. The zero-order valence-electron chi connectivity index (χ0n) is 27.1. The maximum Gasteiger partial charge on any atom is 0.286 e. The molecule has 2 N–H and O–H groups in total. The van der Waals surface area contributed by atoms with Crippen molar-refractivity contribution < 1.29 is 23.3 Å². The van der Waals surface area contributed by atoms with E-state index in [0.717, 1.165) is 25.3 Å². The van der Waals surface area contributed by atoms with Gasteiger partial charge in [-0.3, -0.25) is 28.9 Å². The van der Waals surface area contributed by atoms with Crippen molar-refractivity contribution in [3.8, 4) is 11.8 Å². The largest absolute Gasteiger partial charge is 0.379 e. The molecule has 0 spiro atoms. The summed E-state index contributed by atoms with van der Waals surface area (Å²) in [6.45, 7) is 6.20. The normalized spacial score (nSPS) is 14.2. The molecular formula is C35H37N7O5S. The highest BCUT2D eigenvalue weighted by molar-refractivity contribution is 7.93. The molecule has 4 aromatic rings. The zero-order chi connectivity index (χ0) is 34.1. The Labute approximate surface area is 280 Å². The average molecular weight is 668 g/mol. The highest BCUT2D eigenvalue weighted by Crippen LogP contribution is 2.17. The van der Waals surface area contributed by atoms with Gasteiger partial charge in [-0.2, -0.15) is 9.46 Å². The topological polar surface area (TPSA) is 148 Å². The molecule has 0 aliphatic carbocycles. The summed E-state index contributed by atoms with van der Waals surface area (Å²) in [6, 6.07) is 17.1. The summed E-state index contributed by atoms with van der Waals surface area (Å²) in [5.41, 5.74) is 3.65. The summed E-state index contributed by atoms with van der Waals surface area (Å²) >= 11 is 0. The van der Waals surface area contributed by atoms with Gasteiger partial charge in [0.05, 0.1) is 40.6 Å². The van der Waals surface area contributed by atoms with E-state index in [9.17, 15) is 18.6 Å². The van der Waals surface area contributed by atoms with Crippen molar-refractivity contribution in [3.05, 3.63) is 107 Å². The number of carbonyl (C=O) groups is 3. The van der Waals surface area contributed by atoms with Crippen LogP contribution in [-0.2, 0) is 32.7 Å². The molecule has 13 heteroatoms. The van der Waals surface area contributed by atoms with Crippen LogP contribution in [0.3, 0.4) is 0 Å². The summed E-state index contributed by atoms with van der Waals surface area (Å²) in [5.74, 6) is 4.88. The molecular weight excluding hydrogens is 630 g/mol. The molecule has 0 saturated carbocycles. The van der Waals surface area contributed by atoms with E-state index in [2.05, 4.69) is 41.8 Å². The third-order valence-electron chi connectivity index (χ3n) is 7.50. The molecule has 5 rings (SSSR count). The van der Waals surface area contributed by atoms with Gasteiger partial charge in [0.15, 0.2) is 0 Å². The first-order valence-corrected chi connectivity index (χ1v) is 17.3. The maximum atomic E-state index is 13.6. The Balaban J connectivity index is 1.22. The van der Waals surface area contributed by atoms with Gasteiger partial charge in [-0.25, -0.2) is 4.21 Å². The Morgan fingerprint density at radius 3 is 2.54 bits per heavy atom. The number of hydrogen-bond donors (Lipinski definition) is 2. The molecule has 1 atom stereocenters. The third-order valence-corrected chi connectivity index (χ3v) is 9.15. The van der Waals surface area contributed by atoms with Crippen molar-refractivity contribution in [2.45, 2.75) is 18.2 Å². The molecule has 12 nitrogen and oxygen atoms in total. The number of hydrogen-bond acceptors (Lipinski definition) is 8.